The number of amides is 2. The first kappa shape index (κ1) is 9.85. The van der Waals surface area contributed by atoms with Gasteiger partial charge < -0.3 is 10.8 Å². The Morgan fingerprint density at radius 1 is 1.47 bits per heavy atom. The molecule has 1 aliphatic rings. The Bertz CT molecular complexity index is 447. The summed E-state index contributed by atoms with van der Waals surface area (Å²) in [6.45, 7) is 0. The number of aromatic carboxylic acids is 1. The number of carbonyl (C=O) groups excluding carboxylic acids is 1. The molecule has 0 bridgehead atoms. The molecule has 1 aromatic rings. The number of carboxylic acids is 1. The van der Waals surface area contributed by atoms with Crippen molar-refractivity contribution in [2.24, 2.45) is 5.73 Å². The van der Waals surface area contributed by atoms with Gasteiger partial charge in [-0.2, -0.15) is 0 Å². The van der Waals surface area contributed by atoms with E-state index in [1.807, 2.05) is 0 Å². The van der Waals surface area contributed by atoms with Crippen LogP contribution in [0.4, 0.5) is 10.5 Å². The number of carboxylic acid groups (broad SMARTS) is 1. The number of carbonyl (C=O) groups is 2. The molecule has 0 aliphatic carbocycles. The first-order valence-electron chi connectivity index (χ1n) is 4.17. The van der Waals surface area contributed by atoms with Gasteiger partial charge in [0.25, 0.3) is 0 Å². The first-order chi connectivity index (χ1) is 7.11. The van der Waals surface area contributed by atoms with Crippen LogP contribution in [0, 0.1) is 0 Å². The van der Waals surface area contributed by atoms with Gasteiger partial charge in [0, 0.05) is 4.90 Å². The quantitative estimate of drug-likeness (QED) is 0.753. The van der Waals surface area contributed by atoms with Gasteiger partial charge in [-0.1, -0.05) is 6.07 Å². The maximum absolute atomic E-state index is 11.0. The highest BCUT2D eigenvalue weighted by atomic mass is 32.2. The van der Waals surface area contributed by atoms with Crippen LogP contribution in [0.25, 0.3) is 0 Å². The molecule has 6 heteroatoms. The summed E-state index contributed by atoms with van der Waals surface area (Å²) in [5, 5.41) is 8.93. The SMILES string of the molecule is NC(=O)N1CSc2c(C(=O)O)cccc21. The van der Waals surface area contributed by atoms with Gasteiger partial charge >= 0.3 is 12.0 Å². The fourth-order valence-corrected chi connectivity index (χ4v) is 2.60. The van der Waals surface area contributed by atoms with E-state index in [9.17, 15) is 9.59 Å². The van der Waals surface area contributed by atoms with E-state index in [1.54, 1.807) is 12.1 Å². The molecule has 3 N–H and O–H groups in total. The number of rotatable bonds is 1. The van der Waals surface area contributed by atoms with Gasteiger partial charge in [0.05, 0.1) is 17.1 Å². The van der Waals surface area contributed by atoms with Gasteiger partial charge in [-0.15, -0.1) is 11.8 Å². The summed E-state index contributed by atoms with van der Waals surface area (Å²) in [6.07, 6.45) is 0. The lowest BCUT2D eigenvalue weighted by molar-refractivity contribution is 0.0693. The van der Waals surface area contributed by atoms with Crippen molar-refractivity contribution in [2.45, 2.75) is 4.90 Å². The molecule has 1 aromatic carbocycles. The molecule has 0 saturated carbocycles. The molecule has 0 unspecified atom stereocenters. The zero-order valence-electron chi connectivity index (χ0n) is 7.64. The molecule has 0 saturated heterocycles. The molecule has 1 heterocycles. The number of nitrogens with two attached hydrogens (primary N) is 1. The second-order valence-corrected chi connectivity index (χ2v) is 3.95. The van der Waals surface area contributed by atoms with E-state index in [1.165, 1.54) is 22.7 Å². The number of anilines is 1. The van der Waals surface area contributed by atoms with E-state index >= 15 is 0 Å². The van der Waals surface area contributed by atoms with Crippen molar-refractivity contribution in [3.63, 3.8) is 0 Å². The predicted molar refractivity (Wildman–Crippen MR) is 56.2 cm³/mol. The van der Waals surface area contributed by atoms with E-state index in [-0.39, 0.29) is 5.56 Å². The molecular weight excluding hydrogens is 216 g/mol. The average molecular weight is 224 g/mol. The number of benzene rings is 1. The lowest BCUT2D eigenvalue weighted by Gasteiger charge is -2.12. The fraction of sp³-hybridized carbons (Fsp3) is 0.111. The summed E-state index contributed by atoms with van der Waals surface area (Å²) < 4.78 is 0. The van der Waals surface area contributed by atoms with E-state index < -0.39 is 12.0 Å². The maximum atomic E-state index is 11.0. The van der Waals surface area contributed by atoms with Crippen LogP contribution in [-0.4, -0.2) is 23.0 Å². The van der Waals surface area contributed by atoms with Crippen molar-refractivity contribution in [2.75, 3.05) is 10.8 Å². The van der Waals surface area contributed by atoms with Gasteiger partial charge in [0.15, 0.2) is 0 Å². The third-order valence-corrected chi connectivity index (χ3v) is 3.22. The smallest absolute Gasteiger partial charge is 0.336 e. The van der Waals surface area contributed by atoms with Gasteiger partial charge in [-0.25, -0.2) is 9.59 Å². The normalized spacial score (nSPS) is 13.7. The molecule has 15 heavy (non-hydrogen) atoms. The minimum Gasteiger partial charge on any atom is -0.478 e. The van der Waals surface area contributed by atoms with Gasteiger partial charge in [-0.3, -0.25) is 4.90 Å². The third-order valence-electron chi connectivity index (χ3n) is 2.12. The van der Waals surface area contributed by atoms with Crippen molar-refractivity contribution in [3.05, 3.63) is 23.8 Å². The summed E-state index contributed by atoms with van der Waals surface area (Å²) in [5.41, 5.74) is 5.95. The second kappa shape index (κ2) is 3.47. The molecule has 0 radical (unpaired) electrons. The number of fused-ring (bicyclic) bond motifs is 1. The highest BCUT2D eigenvalue weighted by molar-refractivity contribution is 8.00. The molecule has 78 valence electrons. The molecule has 1 aliphatic heterocycles. The van der Waals surface area contributed by atoms with Crippen LogP contribution in [0.3, 0.4) is 0 Å². The third kappa shape index (κ3) is 1.52. The molecule has 5 nitrogen and oxygen atoms in total. The molecule has 0 spiro atoms. The standard InChI is InChI=1S/C9H8N2O3S/c10-9(14)11-4-15-7-5(8(12)13)2-1-3-6(7)11/h1-3H,4H2,(H2,10,14)(H,12,13). The Morgan fingerprint density at radius 3 is 2.80 bits per heavy atom. The highest BCUT2D eigenvalue weighted by Gasteiger charge is 2.27. The van der Waals surface area contributed by atoms with Crippen LogP contribution in [0.5, 0.6) is 0 Å². The van der Waals surface area contributed by atoms with Crippen molar-refractivity contribution < 1.29 is 14.7 Å². The Balaban J connectivity index is 2.52. The number of hydrogen-bond acceptors (Lipinski definition) is 3. The number of hydrogen-bond donors (Lipinski definition) is 2. The Kier molecular flexibility index (Phi) is 2.28. The Labute approximate surface area is 89.9 Å². The van der Waals surface area contributed by atoms with Crippen molar-refractivity contribution in [3.8, 4) is 0 Å². The minimum atomic E-state index is -0.995. The molecule has 0 atom stereocenters. The summed E-state index contributed by atoms with van der Waals surface area (Å²) in [5.74, 6) is -0.625. The van der Waals surface area contributed by atoms with Crippen LogP contribution in [0.2, 0.25) is 0 Å². The van der Waals surface area contributed by atoms with Crippen LogP contribution >= 0.6 is 11.8 Å². The van der Waals surface area contributed by atoms with Gasteiger partial charge in [0.2, 0.25) is 0 Å². The fourth-order valence-electron chi connectivity index (χ4n) is 1.44. The monoisotopic (exact) mass is 224 g/mol. The summed E-state index contributed by atoms with van der Waals surface area (Å²) >= 11 is 1.30. The van der Waals surface area contributed by atoms with Crippen LogP contribution in [0.15, 0.2) is 23.1 Å². The lowest BCUT2D eigenvalue weighted by Crippen LogP contribution is -2.33. The van der Waals surface area contributed by atoms with E-state index in [4.69, 9.17) is 10.8 Å². The molecule has 2 rings (SSSR count). The predicted octanol–water partition coefficient (Wildman–Crippen LogP) is 1.33. The van der Waals surface area contributed by atoms with Crippen molar-refractivity contribution >= 4 is 29.4 Å². The molecule has 0 aromatic heterocycles. The van der Waals surface area contributed by atoms with Crippen LogP contribution < -0.4 is 10.6 Å². The van der Waals surface area contributed by atoms with Gasteiger partial charge in [0.1, 0.15) is 0 Å². The number of thioether (sulfide) groups is 1. The van der Waals surface area contributed by atoms with Crippen LogP contribution in [-0.2, 0) is 0 Å². The van der Waals surface area contributed by atoms with Gasteiger partial charge in [-0.05, 0) is 12.1 Å². The number of nitrogens with zero attached hydrogens (tertiary/aromatic N) is 1. The lowest BCUT2D eigenvalue weighted by atomic mass is 10.2. The Hall–Kier alpha value is -1.69. The summed E-state index contributed by atoms with van der Waals surface area (Å²) in [7, 11) is 0. The van der Waals surface area contributed by atoms with E-state index in [0.29, 0.717) is 16.5 Å². The second-order valence-electron chi connectivity index (χ2n) is 3.00. The average Bonchev–Trinajstić information content (AvgIpc) is 2.59. The summed E-state index contributed by atoms with van der Waals surface area (Å²) in [4.78, 5) is 23.9. The number of primary amides is 1. The Morgan fingerprint density at radius 2 is 2.20 bits per heavy atom. The van der Waals surface area contributed by atoms with Crippen molar-refractivity contribution in [1.82, 2.24) is 0 Å². The highest BCUT2D eigenvalue weighted by Crippen LogP contribution is 2.40. The molecular formula is C9H8N2O3S. The van der Waals surface area contributed by atoms with E-state index in [0.717, 1.165) is 0 Å². The van der Waals surface area contributed by atoms with Crippen molar-refractivity contribution in [1.29, 1.82) is 0 Å². The topological polar surface area (TPSA) is 83.6 Å². The zero-order valence-corrected chi connectivity index (χ0v) is 8.45. The first-order valence-corrected chi connectivity index (χ1v) is 5.16. The molecule has 0 fully saturated rings. The van der Waals surface area contributed by atoms with Crippen LogP contribution in [0.1, 0.15) is 10.4 Å². The molecule has 2 amide bonds. The maximum Gasteiger partial charge on any atom is 0.336 e. The number of urea groups is 1. The minimum absolute atomic E-state index is 0.209. The van der Waals surface area contributed by atoms with E-state index in [2.05, 4.69) is 0 Å². The largest absolute Gasteiger partial charge is 0.478 e. The summed E-state index contributed by atoms with van der Waals surface area (Å²) in [6, 6.07) is 4.23. The zero-order chi connectivity index (χ0) is 11.0.